The number of unbranched alkanes of at least 4 members (excludes halogenated alkanes) is 1. The first-order valence-corrected chi connectivity index (χ1v) is 8.45. The molecule has 0 aliphatic rings. The van der Waals surface area contributed by atoms with Gasteiger partial charge < -0.3 is 10.4 Å². The highest BCUT2D eigenvalue weighted by atomic mass is 32.1. The van der Waals surface area contributed by atoms with E-state index in [9.17, 15) is 9.59 Å². The fraction of sp³-hybridized carbons (Fsp3) is 0.357. The lowest BCUT2D eigenvalue weighted by Crippen LogP contribution is -2.40. The van der Waals surface area contributed by atoms with E-state index in [2.05, 4.69) is 10.3 Å². The molecule has 0 fully saturated rings. The van der Waals surface area contributed by atoms with Gasteiger partial charge in [0.25, 0.3) is 5.91 Å². The number of hydrogen-bond donors (Lipinski definition) is 2. The summed E-state index contributed by atoms with van der Waals surface area (Å²) in [6, 6.07) is 1.08. The summed E-state index contributed by atoms with van der Waals surface area (Å²) in [5, 5.41) is 18.0. The zero-order valence-corrected chi connectivity index (χ0v) is 13.2. The van der Waals surface area contributed by atoms with Gasteiger partial charge in [0.05, 0.1) is 0 Å². The summed E-state index contributed by atoms with van der Waals surface area (Å²) in [5.41, 5.74) is 1.24. The van der Waals surface area contributed by atoms with Gasteiger partial charge in [0.15, 0.2) is 0 Å². The SMILES string of the molecule is CCCC[C@H](NC(=O)c1csc(-c2ccsc2)n1)C(=O)O. The van der Waals surface area contributed by atoms with E-state index in [0.29, 0.717) is 6.42 Å². The summed E-state index contributed by atoms with van der Waals surface area (Å²) in [6.07, 6.45) is 2.08. The molecule has 2 aromatic heterocycles. The Morgan fingerprint density at radius 2 is 2.24 bits per heavy atom. The van der Waals surface area contributed by atoms with E-state index >= 15 is 0 Å². The first-order valence-electron chi connectivity index (χ1n) is 6.63. The highest BCUT2D eigenvalue weighted by Gasteiger charge is 2.21. The molecule has 1 amide bonds. The van der Waals surface area contributed by atoms with E-state index in [-0.39, 0.29) is 5.69 Å². The first-order chi connectivity index (χ1) is 10.1. The molecule has 0 bridgehead atoms. The summed E-state index contributed by atoms with van der Waals surface area (Å²) >= 11 is 2.94. The second kappa shape index (κ2) is 7.33. The van der Waals surface area contributed by atoms with E-state index < -0.39 is 17.9 Å². The maximum Gasteiger partial charge on any atom is 0.326 e. The lowest BCUT2D eigenvalue weighted by atomic mass is 10.1. The molecule has 0 aliphatic carbocycles. The predicted octanol–water partition coefficient (Wildman–Crippen LogP) is 3.24. The van der Waals surface area contributed by atoms with Crippen LogP contribution in [-0.2, 0) is 4.79 Å². The van der Waals surface area contributed by atoms with Crippen molar-refractivity contribution in [1.82, 2.24) is 10.3 Å². The minimum absolute atomic E-state index is 0.268. The van der Waals surface area contributed by atoms with Crippen LogP contribution in [0.5, 0.6) is 0 Å². The van der Waals surface area contributed by atoms with Gasteiger partial charge in [-0.1, -0.05) is 19.8 Å². The molecule has 21 heavy (non-hydrogen) atoms. The topological polar surface area (TPSA) is 79.3 Å². The van der Waals surface area contributed by atoms with Crippen LogP contribution >= 0.6 is 22.7 Å². The molecule has 7 heteroatoms. The highest BCUT2D eigenvalue weighted by Crippen LogP contribution is 2.25. The molecule has 2 aromatic rings. The molecule has 2 N–H and O–H groups in total. The second-order valence-electron chi connectivity index (χ2n) is 4.56. The molecule has 5 nitrogen and oxygen atoms in total. The number of rotatable bonds is 7. The number of nitrogens with zero attached hydrogens (tertiary/aromatic N) is 1. The van der Waals surface area contributed by atoms with Crippen molar-refractivity contribution < 1.29 is 14.7 Å². The highest BCUT2D eigenvalue weighted by molar-refractivity contribution is 7.14. The van der Waals surface area contributed by atoms with E-state index in [1.54, 1.807) is 16.7 Å². The van der Waals surface area contributed by atoms with Gasteiger partial charge in [-0.2, -0.15) is 11.3 Å². The van der Waals surface area contributed by atoms with Crippen molar-refractivity contribution in [2.45, 2.75) is 32.2 Å². The Labute approximate surface area is 130 Å². The Morgan fingerprint density at radius 3 is 2.86 bits per heavy atom. The molecule has 2 rings (SSSR count). The van der Waals surface area contributed by atoms with Crippen molar-refractivity contribution in [2.24, 2.45) is 0 Å². The third-order valence-electron chi connectivity index (χ3n) is 2.95. The van der Waals surface area contributed by atoms with Crippen LogP contribution in [0.15, 0.2) is 22.2 Å². The van der Waals surface area contributed by atoms with Crippen molar-refractivity contribution in [3.8, 4) is 10.6 Å². The summed E-state index contributed by atoms with van der Waals surface area (Å²) in [4.78, 5) is 27.5. The number of amides is 1. The molecular weight excluding hydrogens is 308 g/mol. The quantitative estimate of drug-likeness (QED) is 0.819. The number of aliphatic carboxylic acids is 1. The Bertz CT molecular complexity index is 608. The van der Waals surface area contributed by atoms with Crippen LogP contribution in [0.3, 0.4) is 0 Å². The van der Waals surface area contributed by atoms with Crippen molar-refractivity contribution in [2.75, 3.05) is 0 Å². The number of carboxylic acids is 1. The number of thiophene rings is 1. The summed E-state index contributed by atoms with van der Waals surface area (Å²) < 4.78 is 0. The van der Waals surface area contributed by atoms with Gasteiger partial charge in [0.2, 0.25) is 0 Å². The van der Waals surface area contributed by atoms with Gasteiger partial charge in [-0.05, 0) is 17.9 Å². The van der Waals surface area contributed by atoms with Crippen molar-refractivity contribution >= 4 is 34.6 Å². The third-order valence-corrected chi connectivity index (χ3v) is 4.53. The fourth-order valence-corrected chi connectivity index (χ4v) is 3.31. The minimum atomic E-state index is -1.01. The van der Waals surface area contributed by atoms with Gasteiger partial charge in [-0.25, -0.2) is 9.78 Å². The summed E-state index contributed by atoms with van der Waals surface area (Å²) in [5.74, 6) is -1.44. The first kappa shape index (κ1) is 15.7. The molecule has 0 aliphatic heterocycles. The standard InChI is InChI=1S/C14H16N2O3S2/c1-2-3-4-10(14(18)19)15-12(17)11-8-21-13(16-11)9-5-6-20-7-9/h5-8,10H,2-4H2,1H3,(H,15,17)(H,18,19)/t10-/m0/s1. The maximum absolute atomic E-state index is 12.1. The molecule has 0 saturated carbocycles. The maximum atomic E-state index is 12.1. The zero-order valence-electron chi connectivity index (χ0n) is 11.5. The number of carboxylic acid groups (broad SMARTS) is 1. The van der Waals surface area contributed by atoms with Crippen LogP contribution in [0.25, 0.3) is 10.6 Å². The number of carbonyl (C=O) groups excluding carboxylic acids is 1. The number of aromatic nitrogens is 1. The van der Waals surface area contributed by atoms with Crippen molar-refractivity contribution in [3.05, 3.63) is 27.9 Å². The summed E-state index contributed by atoms with van der Waals surface area (Å²) in [7, 11) is 0. The lowest BCUT2D eigenvalue weighted by Gasteiger charge is -2.12. The average molecular weight is 324 g/mol. The lowest BCUT2D eigenvalue weighted by molar-refractivity contribution is -0.139. The molecular formula is C14H16N2O3S2. The van der Waals surface area contributed by atoms with Crippen LogP contribution in [0.4, 0.5) is 0 Å². The van der Waals surface area contributed by atoms with Gasteiger partial charge in [-0.3, -0.25) is 4.79 Å². The molecule has 0 radical (unpaired) electrons. The molecule has 0 aromatic carbocycles. The number of hydrogen-bond acceptors (Lipinski definition) is 5. The number of nitrogens with one attached hydrogen (secondary N) is 1. The summed E-state index contributed by atoms with van der Waals surface area (Å²) in [6.45, 7) is 1.98. The van der Waals surface area contributed by atoms with E-state index in [4.69, 9.17) is 5.11 Å². The Kier molecular flexibility index (Phi) is 5.46. The van der Waals surface area contributed by atoms with E-state index in [1.807, 2.05) is 23.8 Å². The predicted molar refractivity (Wildman–Crippen MR) is 83.8 cm³/mol. The van der Waals surface area contributed by atoms with Crippen LogP contribution in [-0.4, -0.2) is 28.0 Å². The molecule has 0 unspecified atom stereocenters. The van der Waals surface area contributed by atoms with Crippen LogP contribution in [0, 0.1) is 0 Å². The largest absolute Gasteiger partial charge is 0.480 e. The number of thiazole rings is 1. The average Bonchev–Trinajstić information content (AvgIpc) is 3.12. The molecule has 112 valence electrons. The zero-order chi connectivity index (χ0) is 15.2. The molecule has 0 spiro atoms. The van der Waals surface area contributed by atoms with Crippen LogP contribution in [0.2, 0.25) is 0 Å². The number of carbonyl (C=O) groups is 2. The Balaban J connectivity index is 2.04. The van der Waals surface area contributed by atoms with Gasteiger partial charge in [-0.15, -0.1) is 11.3 Å². The Morgan fingerprint density at radius 1 is 1.43 bits per heavy atom. The molecule has 2 heterocycles. The minimum Gasteiger partial charge on any atom is -0.480 e. The molecule has 1 atom stereocenters. The fourth-order valence-electron chi connectivity index (χ4n) is 1.79. The van der Waals surface area contributed by atoms with Gasteiger partial charge in [0, 0.05) is 16.3 Å². The van der Waals surface area contributed by atoms with E-state index in [1.165, 1.54) is 11.3 Å². The third kappa shape index (κ3) is 4.12. The van der Waals surface area contributed by atoms with Crippen LogP contribution < -0.4 is 5.32 Å². The normalized spacial score (nSPS) is 12.0. The van der Waals surface area contributed by atoms with Crippen molar-refractivity contribution in [1.29, 1.82) is 0 Å². The smallest absolute Gasteiger partial charge is 0.326 e. The Hall–Kier alpha value is -1.73. The van der Waals surface area contributed by atoms with E-state index in [0.717, 1.165) is 23.4 Å². The monoisotopic (exact) mass is 324 g/mol. The van der Waals surface area contributed by atoms with Gasteiger partial charge >= 0.3 is 5.97 Å². The van der Waals surface area contributed by atoms with Crippen LogP contribution in [0.1, 0.15) is 36.7 Å². The van der Waals surface area contributed by atoms with Crippen molar-refractivity contribution in [3.63, 3.8) is 0 Å². The second-order valence-corrected chi connectivity index (χ2v) is 6.19. The van der Waals surface area contributed by atoms with Gasteiger partial charge in [0.1, 0.15) is 16.7 Å². The molecule has 0 saturated heterocycles.